The third-order valence-corrected chi connectivity index (χ3v) is 3.67. The predicted molar refractivity (Wildman–Crippen MR) is 44.3 cm³/mol. The number of hydrogen-bond acceptors (Lipinski definition) is 3. The lowest BCUT2D eigenvalue weighted by Crippen LogP contribution is -2.70. The molecule has 1 saturated carbocycles. The Bertz CT molecular complexity index is 290. The Morgan fingerprint density at radius 3 is 2.17 bits per heavy atom. The van der Waals surface area contributed by atoms with Crippen molar-refractivity contribution in [2.24, 2.45) is 16.8 Å². The molecule has 5 nitrogen and oxygen atoms in total. The lowest BCUT2D eigenvalue weighted by molar-refractivity contribution is 0.135. The van der Waals surface area contributed by atoms with Crippen LogP contribution in [0.15, 0.2) is 0 Å². The van der Waals surface area contributed by atoms with Gasteiger partial charge in [0.25, 0.3) is 10.2 Å². The van der Waals surface area contributed by atoms with Gasteiger partial charge in [-0.3, -0.25) is 0 Å². The third kappa shape index (κ3) is 1.24. The van der Waals surface area contributed by atoms with E-state index < -0.39 is 10.2 Å². The Morgan fingerprint density at radius 1 is 1.33 bits per heavy atom. The molecule has 0 atom stereocenters. The molecule has 0 aromatic heterocycles. The standard InChI is InChI=1S/C6H13N3O2S/c7-6(5-1-2-5)3-9(4-6)12(8,10)11/h5H,1-4,7H2,(H2,8,10,11). The second-order valence-corrected chi connectivity index (χ2v) is 5.37. The van der Waals surface area contributed by atoms with E-state index in [0.29, 0.717) is 19.0 Å². The van der Waals surface area contributed by atoms with Crippen LogP contribution in [0.1, 0.15) is 12.8 Å². The molecule has 0 aromatic rings. The summed E-state index contributed by atoms with van der Waals surface area (Å²) in [6, 6.07) is 0. The van der Waals surface area contributed by atoms with Crippen molar-refractivity contribution in [3.05, 3.63) is 0 Å². The Kier molecular flexibility index (Phi) is 1.54. The maximum Gasteiger partial charge on any atom is 0.277 e. The molecule has 2 aliphatic rings. The summed E-state index contributed by atoms with van der Waals surface area (Å²) in [5.41, 5.74) is 5.66. The van der Waals surface area contributed by atoms with Crippen LogP contribution in [-0.2, 0) is 10.2 Å². The minimum absolute atomic E-state index is 0.271. The van der Waals surface area contributed by atoms with Crippen molar-refractivity contribution in [3.63, 3.8) is 0 Å². The molecule has 0 spiro atoms. The molecule has 70 valence electrons. The number of rotatable bonds is 2. The molecule has 0 amide bonds. The van der Waals surface area contributed by atoms with E-state index in [4.69, 9.17) is 10.9 Å². The van der Waals surface area contributed by atoms with Crippen molar-refractivity contribution in [3.8, 4) is 0 Å². The highest BCUT2D eigenvalue weighted by molar-refractivity contribution is 7.86. The van der Waals surface area contributed by atoms with Crippen LogP contribution >= 0.6 is 0 Å². The van der Waals surface area contributed by atoms with Gasteiger partial charge in [0.15, 0.2) is 0 Å². The molecule has 2 rings (SSSR count). The Labute approximate surface area is 71.9 Å². The van der Waals surface area contributed by atoms with Crippen molar-refractivity contribution in [1.29, 1.82) is 0 Å². The summed E-state index contributed by atoms with van der Waals surface area (Å²) in [5.74, 6) is 0.524. The normalized spacial score (nSPS) is 29.8. The Morgan fingerprint density at radius 2 is 1.83 bits per heavy atom. The summed E-state index contributed by atoms with van der Waals surface area (Å²) >= 11 is 0. The average molecular weight is 191 g/mol. The molecule has 1 saturated heterocycles. The van der Waals surface area contributed by atoms with Crippen LogP contribution < -0.4 is 10.9 Å². The van der Waals surface area contributed by atoms with Crippen LogP contribution in [0.2, 0.25) is 0 Å². The van der Waals surface area contributed by atoms with E-state index in [1.807, 2.05) is 0 Å². The largest absolute Gasteiger partial charge is 0.323 e. The molecule has 0 unspecified atom stereocenters. The maximum atomic E-state index is 10.8. The molecule has 1 aliphatic carbocycles. The molecule has 0 aromatic carbocycles. The summed E-state index contributed by atoms with van der Waals surface area (Å²) in [5, 5.41) is 4.93. The summed E-state index contributed by atoms with van der Waals surface area (Å²) < 4.78 is 22.8. The van der Waals surface area contributed by atoms with Crippen molar-refractivity contribution in [2.45, 2.75) is 18.4 Å². The smallest absolute Gasteiger partial charge is 0.277 e. The second kappa shape index (κ2) is 2.20. The Hall–Kier alpha value is -0.170. The van der Waals surface area contributed by atoms with Gasteiger partial charge in [0.05, 0.1) is 0 Å². The first-order valence-corrected chi connectivity index (χ1v) is 5.49. The monoisotopic (exact) mass is 191 g/mol. The van der Waals surface area contributed by atoms with Gasteiger partial charge in [-0.25, -0.2) is 5.14 Å². The highest BCUT2D eigenvalue weighted by atomic mass is 32.2. The Balaban J connectivity index is 1.99. The van der Waals surface area contributed by atoms with Crippen molar-refractivity contribution >= 4 is 10.2 Å². The SMILES string of the molecule is NC1(C2CC2)CN(S(N)(=O)=O)C1. The molecule has 0 bridgehead atoms. The zero-order valence-electron chi connectivity index (χ0n) is 6.73. The second-order valence-electron chi connectivity index (χ2n) is 3.82. The minimum atomic E-state index is -3.49. The first kappa shape index (κ1) is 8.43. The lowest BCUT2D eigenvalue weighted by Gasteiger charge is -2.46. The lowest BCUT2D eigenvalue weighted by atomic mass is 9.88. The van der Waals surface area contributed by atoms with Crippen molar-refractivity contribution in [1.82, 2.24) is 4.31 Å². The molecular weight excluding hydrogens is 178 g/mol. The van der Waals surface area contributed by atoms with Gasteiger partial charge < -0.3 is 5.73 Å². The molecule has 0 radical (unpaired) electrons. The molecule has 1 aliphatic heterocycles. The highest BCUT2D eigenvalue weighted by Crippen LogP contribution is 2.43. The van der Waals surface area contributed by atoms with E-state index in [9.17, 15) is 8.42 Å². The summed E-state index contributed by atoms with van der Waals surface area (Å²) in [6.45, 7) is 0.799. The summed E-state index contributed by atoms with van der Waals surface area (Å²) in [7, 11) is -3.49. The van der Waals surface area contributed by atoms with E-state index in [0.717, 1.165) is 12.8 Å². The maximum absolute atomic E-state index is 10.8. The predicted octanol–water partition coefficient (Wildman–Crippen LogP) is -1.39. The van der Waals surface area contributed by atoms with Gasteiger partial charge in [0, 0.05) is 18.6 Å². The van der Waals surface area contributed by atoms with Crippen LogP contribution in [-0.4, -0.2) is 31.4 Å². The number of hydrogen-bond donors (Lipinski definition) is 2. The minimum Gasteiger partial charge on any atom is -0.323 e. The van der Waals surface area contributed by atoms with E-state index in [2.05, 4.69) is 0 Å². The van der Waals surface area contributed by atoms with Gasteiger partial charge in [-0.05, 0) is 18.8 Å². The fourth-order valence-corrected chi connectivity index (χ4v) is 2.55. The average Bonchev–Trinajstić information content (AvgIpc) is 2.58. The topological polar surface area (TPSA) is 89.4 Å². The molecule has 1 heterocycles. The fourth-order valence-electron chi connectivity index (χ4n) is 1.71. The van der Waals surface area contributed by atoms with Gasteiger partial charge in [0.1, 0.15) is 0 Å². The van der Waals surface area contributed by atoms with Gasteiger partial charge in [0.2, 0.25) is 0 Å². The van der Waals surface area contributed by atoms with Crippen LogP contribution in [0.4, 0.5) is 0 Å². The zero-order valence-corrected chi connectivity index (χ0v) is 7.55. The van der Waals surface area contributed by atoms with Crippen LogP contribution in [0.3, 0.4) is 0 Å². The number of nitrogens with two attached hydrogens (primary N) is 2. The quantitative estimate of drug-likeness (QED) is 0.563. The van der Waals surface area contributed by atoms with Gasteiger partial charge in [-0.15, -0.1) is 0 Å². The van der Waals surface area contributed by atoms with Crippen LogP contribution in [0.5, 0.6) is 0 Å². The van der Waals surface area contributed by atoms with Crippen molar-refractivity contribution in [2.75, 3.05) is 13.1 Å². The van der Waals surface area contributed by atoms with Gasteiger partial charge >= 0.3 is 0 Å². The summed E-state index contributed by atoms with van der Waals surface area (Å²) in [4.78, 5) is 0. The van der Waals surface area contributed by atoms with Crippen molar-refractivity contribution < 1.29 is 8.42 Å². The highest BCUT2D eigenvalue weighted by Gasteiger charge is 2.52. The van der Waals surface area contributed by atoms with E-state index in [1.54, 1.807) is 0 Å². The summed E-state index contributed by atoms with van der Waals surface area (Å²) in [6.07, 6.45) is 2.27. The van der Waals surface area contributed by atoms with Crippen LogP contribution in [0, 0.1) is 5.92 Å². The third-order valence-electron chi connectivity index (χ3n) is 2.69. The zero-order chi connectivity index (χ0) is 8.98. The van der Waals surface area contributed by atoms with E-state index in [-0.39, 0.29) is 5.54 Å². The molecule has 12 heavy (non-hydrogen) atoms. The fraction of sp³-hybridized carbons (Fsp3) is 1.00. The molecule has 2 fully saturated rings. The molecule has 4 N–H and O–H groups in total. The first-order valence-electron chi connectivity index (χ1n) is 3.99. The van der Waals surface area contributed by atoms with E-state index in [1.165, 1.54) is 4.31 Å². The number of nitrogens with zero attached hydrogens (tertiary/aromatic N) is 1. The van der Waals surface area contributed by atoms with Crippen LogP contribution in [0.25, 0.3) is 0 Å². The van der Waals surface area contributed by atoms with Gasteiger partial charge in [-0.1, -0.05) is 0 Å². The molecule has 6 heteroatoms. The molecular formula is C6H13N3O2S. The van der Waals surface area contributed by atoms with E-state index >= 15 is 0 Å². The first-order chi connectivity index (χ1) is 5.42. The van der Waals surface area contributed by atoms with Gasteiger partial charge in [-0.2, -0.15) is 12.7 Å².